The van der Waals surface area contributed by atoms with E-state index in [1.54, 1.807) is 6.33 Å². The Morgan fingerprint density at radius 1 is 1.19 bits per heavy atom. The molecule has 2 atom stereocenters. The number of aromatic nitrogens is 4. The van der Waals surface area contributed by atoms with Gasteiger partial charge >= 0.3 is 0 Å². The van der Waals surface area contributed by atoms with Crippen molar-refractivity contribution in [2.24, 2.45) is 5.92 Å². The molecule has 7 heteroatoms. The van der Waals surface area contributed by atoms with Crippen molar-refractivity contribution in [2.45, 2.75) is 57.6 Å². The third-order valence-corrected chi connectivity index (χ3v) is 5.73. The molecule has 2 aromatic rings. The molecule has 2 N–H and O–H groups in total. The molecule has 146 valence electrons. The fourth-order valence-corrected chi connectivity index (χ4v) is 4.29. The van der Waals surface area contributed by atoms with Gasteiger partial charge in [0, 0.05) is 44.1 Å². The zero-order chi connectivity index (χ0) is 18.6. The van der Waals surface area contributed by atoms with Crippen LogP contribution < -0.4 is 10.2 Å². The minimum Gasteiger partial charge on any atom is -0.376 e. The van der Waals surface area contributed by atoms with Gasteiger partial charge in [0.05, 0.1) is 12.1 Å². The number of hydrogen-bond acceptors (Lipinski definition) is 6. The molecule has 0 saturated carbocycles. The van der Waals surface area contributed by atoms with Gasteiger partial charge in [-0.2, -0.15) is 0 Å². The van der Waals surface area contributed by atoms with E-state index < -0.39 is 0 Å². The van der Waals surface area contributed by atoms with Crippen LogP contribution in [0, 0.1) is 5.92 Å². The van der Waals surface area contributed by atoms with Gasteiger partial charge in [-0.05, 0) is 31.6 Å². The summed E-state index contributed by atoms with van der Waals surface area (Å²) in [4.78, 5) is 19.0. The van der Waals surface area contributed by atoms with Crippen molar-refractivity contribution in [3.05, 3.63) is 30.6 Å². The molecule has 0 spiro atoms. The lowest BCUT2D eigenvalue weighted by atomic mass is 9.93. The van der Waals surface area contributed by atoms with Crippen LogP contribution in [0.2, 0.25) is 0 Å². The van der Waals surface area contributed by atoms with Gasteiger partial charge in [0.1, 0.15) is 23.8 Å². The van der Waals surface area contributed by atoms with Gasteiger partial charge in [0.2, 0.25) is 0 Å². The molecule has 0 aliphatic carbocycles. The molecule has 4 heterocycles. The predicted octanol–water partition coefficient (Wildman–Crippen LogP) is 3.20. The third-order valence-electron chi connectivity index (χ3n) is 5.73. The van der Waals surface area contributed by atoms with E-state index in [4.69, 9.17) is 4.74 Å². The van der Waals surface area contributed by atoms with Gasteiger partial charge in [-0.15, -0.1) is 0 Å². The first kappa shape index (κ1) is 18.2. The van der Waals surface area contributed by atoms with E-state index in [1.807, 2.05) is 12.4 Å². The standard InChI is InChI=1S/C20H30N6O/c1-14(2)19-16(4-3-11-27-19)25-17-12-18(24-13-23-17)26-9-5-15(6-10-26)20-21-7-8-22-20/h7-8,12-16,19H,3-6,9-11H2,1-2H3,(H,21,22)(H,23,24,25)/t16-,19-/m0/s1. The Kier molecular flexibility index (Phi) is 5.57. The van der Waals surface area contributed by atoms with Gasteiger partial charge < -0.3 is 19.9 Å². The van der Waals surface area contributed by atoms with Crippen molar-refractivity contribution < 1.29 is 4.74 Å². The molecule has 7 nitrogen and oxygen atoms in total. The van der Waals surface area contributed by atoms with Gasteiger partial charge in [0.25, 0.3) is 0 Å². The van der Waals surface area contributed by atoms with Crippen molar-refractivity contribution in [1.82, 2.24) is 19.9 Å². The van der Waals surface area contributed by atoms with E-state index in [0.717, 1.165) is 62.8 Å². The van der Waals surface area contributed by atoms with E-state index in [1.165, 1.54) is 0 Å². The van der Waals surface area contributed by atoms with Gasteiger partial charge in [0.15, 0.2) is 0 Å². The number of aromatic amines is 1. The second-order valence-corrected chi connectivity index (χ2v) is 7.97. The van der Waals surface area contributed by atoms with E-state index >= 15 is 0 Å². The molecule has 0 aromatic carbocycles. The van der Waals surface area contributed by atoms with E-state index in [0.29, 0.717) is 17.9 Å². The quantitative estimate of drug-likeness (QED) is 0.841. The Balaban J connectivity index is 1.39. The highest BCUT2D eigenvalue weighted by Gasteiger charge is 2.29. The Morgan fingerprint density at radius 3 is 2.78 bits per heavy atom. The molecule has 2 aromatic heterocycles. The average molecular weight is 371 g/mol. The third kappa shape index (κ3) is 4.24. The lowest BCUT2D eigenvalue weighted by Gasteiger charge is -2.35. The van der Waals surface area contributed by atoms with Crippen LogP contribution >= 0.6 is 0 Å². The smallest absolute Gasteiger partial charge is 0.134 e. The van der Waals surface area contributed by atoms with Crippen LogP contribution in [0.5, 0.6) is 0 Å². The molecule has 0 radical (unpaired) electrons. The topological polar surface area (TPSA) is 79.0 Å². The molecule has 0 unspecified atom stereocenters. The number of ether oxygens (including phenoxy) is 1. The average Bonchev–Trinajstić information content (AvgIpc) is 3.23. The number of anilines is 2. The predicted molar refractivity (Wildman–Crippen MR) is 106 cm³/mol. The fourth-order valence-electron chi connectivity index (χ4n) is 4.29. The number of hydrogen-bond donors (Lipinski definition) is 2. The number of piperidine rings is 1. The number of imidazole rings is 1. The number of H-pyrrole nitrogens is 1. The van der Waals surface area contributed by atoms with E-state index in [2.05, 4.69) is 50.1 Å². The normalized spacial score (nSPS) is 24.3. The number of nitrogens with zero attached hydrogens (tertiary/aromatic N) is 4. The van der Waals surface area contributed by atoms with Crippen LogP contribution in [0.25, 0.3) is 0 Å². The fraction of sp³-hybridized carbons (Fsp3) is 0.650. The Hall–Kier alpha value is -2.15. The Morgan fingerprint density at radius 2 is 2.04 bits per heavy atom. The molecule has 2 aliphatic heterocycles. The zero-order valence-electron chi connectivity index (χ0n) is 16.3. The SMILES string of the molecule is CC(C)[C@@H]1OCCC[C@@H]1Nc1cc(N2CCC(c3ncc[nH]3)CC2)ncn1. The van der Waals surface area contributed by atoms with Gasteiger partial charge in [-0.25, -0.2) is 15.0 Å². The number of nitrogens with one attached hydrogen (secondary N) is 2. The molecule has 2 saturated heterocycles. The summed E-state index contributed by atoms with van der Waals surface area (Å²) >= 11 is 0. The summed E-state index contributed by atoms with van der Waals surface area (Å²) in [5.74, 6) is 4.01. The van der Waals surface area contributed by atoms with Crippen LogP contribution in [-0.2, 0) is 4.74 Å². The van der Waals surface area contributed by atoms with Crippen molar-refractivity contribution in [2.75, 3.05) is 29.9 Å². The molecular weight excluding hydrogens is 340 g/mol. The lowest BCUT2D eigenvalue weighted by molar-refractivity contribution is -0.0203. The maximum absolute atomic E-state index is 5.99. The molecule has 0 bridgehead atoms. The maximum atomic E-state index is 5.99. The van der Waals surface area contributed by atoms with Crippen LogP contribution in [0.15, 0.2) is 24.8 Å². The highest BCUT2D eigenvalue weighted by Crippen LogP contribution is 2.29. The Labute approximate surface area is 161 Å². The zero-order valence-corrected chi connectivity index (χ0v) is 16.3. The van der Waals surface area contributed by atoms with Gasteiger partial charge in [-0.3, -0.25) is 0 Å². The largest absolute Gasteiger partial charge is 0.376 e. The molecule has 0 amide bonds. The van der Waals surface area contributed by atoms with Crippen LogP contribution in [0.4, 0.5) is 11.6 Å². The van der Waals surface area contributed by atoms with E-state index in [9.17, 15) is 0 Å². The molecule has 4 rings (SSSR count). The molecular formula is C20H30N6O. The number of rotatable bonds is 5. The summed E-state index contributed by atoms with van der Waals surface area (Å²) in [6.45, 7) is 7.28. The van der Waals surface area contributed by atoms with Crippen molar-refractivity contribution in [1.29, 1.82) is 0 Å². The van der Waals surface area contributed by atoms with Crippen molar-refractivity contribution in [3.8, 4) is 0 Å². The molecule has 2 fully saturated rings. The van der Waals surface area contributed by atoms with Crippen LogP contribution in [-0.4, -0.2) is 51.8 Å². The molecule has 2 aliphatic rings. The highest BCUT2D eigenvalue weighted by atomic mass is 16.5. The summed E-state index contributed by atoms with van der Waals surface area (Å²) in [6, 6.07) is 2.39. The van der Waals surface area contributed by atoms with Crippen LogP contribution in [0.3, 0.4) is 0 Å². The first-order valence-electron chi connectivity index (χ1n) is 10.1. The summed E-state index contributed by atoms with van der Waals surface area (Å²) < 4.78 is 5.99. The second kappa shape index (κ2) is 8.25. The van der Waals surface area contributed by atoms with Crippen molar-refractivity contribution >= 4 is 11.6 Å². The van der Waals surface area contributed by atoms with Crippen LogP contribution in [0.1, 0.15) is 51.3 Å². The summed E-state index contributed by atoms with van der Waals surface area (Å²) in [7, 11) is 0. The lowest BCUT2D eigenvalue weighted by Crippen LogP contribution is -2.43. The highest BCUT2D eigenvalue weighted by molar-refractivity contribution is 5.49. The first-order chi connectivity index (χ1) is 13.2. The summed E-state index contributed by atoms with van der Waals surface area (Å²) in [5.41, 5.74) is 0. The van der Waals surface area contributed by atoms with Gasteiger partial charge in [-0.1, -0.05) is 13.8 Å². The minimum atomic E-state index is 0.237. The van der Waals surface area contributed by atoms with Crippen molar-refractivity contribution in [3.63, 3.8) is 0 Å². The second-order valence-electron chi connectivity index (χ2n) is 7.97. The Bertz CT molecular complexity index is 711. The van der Waals surface area contributed by atoms with E-state index in [-0.39, 0.29) is 6.10 Å². The monoisotopic (exact) mass is 370 g/mol. The summed E-state index contributed by atoms with van der Waals surface area (Å²) in [5, 5.41) is 3.61. The first-order valence-corrected chi connectivity index (χ1v) is 10.1. The maximum Gasteiger partial charge on any atom is 0.134 e. The minimum absolute atomic E-state index is 0.237. The summed E-state index contributed by atoms with van der Waals surface area (Å²) in [6.07, 6.45) is 10.0. The molecule has 27 heavy (non-hydrogen) atoms.